The summed E-state index contributed by atoms with van der Waals surface area (Å²) in [5.41, 5.74) is 1.25. The summed E-state index contributed by atoms with van der Waals surface area (Å²) in [4.78, 5) is 23.3. The Morgan fingerprint density at radius 1 is 1.17 bits per heavy atom. The Bertz CT molecular complexity index is 398. The van der Waals surface area contributed by atoms with Gasteiger partial charge in [-0.05, 0) is 37.7 Å². The zero-order valence-electron chi connectivity index (χ0n) is 10.8. The molecule has 0 spiro atoms. The molecule has 1 rings (SSSR count). The maximum Gasteiger partial charge on any atom is 0.374 e. The molecule has 0 saturated carbocycles. The second-order valence-corrected chi connectivity index (χ2v) is 5.20. The van der Waals surface area contributed by atoms with Gasteiger partial charge in [0.1, 0.15) is 0 Å². The molecule has 0 radical (unpaired) electrons. The number of thioether (sulfide) groups is 1. The maximum atomic E-state index is 11.2. The van der Waals surface area contributed by atoms with Crippen molar-refractivity contribution >= 4 is 23.5 Å². The quantitative estimate of drug-likeness (QED) is 0.329. The summed E-state index contributed by atoms with van der Waals surface area (Å²) in [6, 6.07) is 8.37. The van der Waals surface area contributed by atoms with Crippen molar-refractivity contribution in [3.8, 4) is 0 Å². The molecular weight excluding hydrogens is 248 g/mol. The van der Waals surface area contributed by atoms with Crippen LogP contribution in [0.1, 0.15) is 24.8 Å². The molecule has 3 nitrogen and oxygen atoms in total. The topological polar surface area (TPSA) is 43.4 Å². The lowest BCUT2D eigenvalue weighted by Crippen LogP contribution is -2.14. The first-order valence-electron chi connectivity index (χ1n) is 5.94. The van der Waals surface area contributed by atoms with Crippen LogP contribution < -0.4 is 0 Å². The second kappa shape index (κ2) is 7.93. The van der Waals surface area contributed by atoms with Crippen molar-refractivity contribution in [2.24, 2.45) is 0 Å². The Morgan fingerprint density at radius 2 is 1.83 bits per heavy atom. The zero-order chi connectivity index (χ0) is 13.4. The van der Waals surface area contributed by atoms with Crippen LogP contribution in [0.4, 0.5) is 0 Å². The van der Waals surface area contributed by atoms with Gasteiger partial charge in [-0.25, -0.2) is 4.79 Å². The minimum absolute atomic E-state index is 0.279. The van der Waals surface area contributed by atoms with Crippen LogP contribution in [0.3, 0.4) is 0 Å². The van der Waals surface area contributed by atoms with Crippen molar-refractivity contribution in [3.63, 3.8) is 0 Å². The lowest BCUT2D eigenvalue weighted by atomic mass is 10.2. The lowest BCUT2D eigenvalue weighted by Gasteiger charge is -2.02. The van der Waals surface area contributed by atoms with Gasteiger partial charge >= 0.3 is 5.97 Å². The fourth-order valence-corrected chi connectivity index (χ4v) is 2.34. The summed E-state index contributed by atoms with van der Waals surface area (Å²) < 4.78 is 4.36. The van der Waals surface area contributed by atoms with Crippen molar-refractivity contribution in [3.05, 3.63) is 29.8 Å². The van der Waals surface area contributed by atoms with Crippen LogP contribution in [-0.2, 0) is 14.3 Å². The summed E-state index contributed by atoms with van der Waals surface area (Å²) in [7, 11) is 1.23. The van der Waals surface area contributed by atoms with Crippen LogP contribution in [0.25, 0.3) is 0 Å². The normalized spacial score (nSPS) is 10.1. The van der Waals surface area contributed by atoms with Crippen LogP contribution in [-0.4, -0.2) is 24.6 Å². The Hall–Kier alpha value is -1.29. The zero-order valence-corrected chi connectivity index (χ0v) is 11.6. The highest BCUT2D eigenvalue weighted by Gasteiger charge is 2.12. The Labute approximate surface area is 112 Å². The second-order valence-electron chi connectivity index (χ2n) is 4.03. The molecule has 0 unspecified atom stereocenters. The Kier molecular flexibility index (Phi) is 6.50. The van der Waals surface area contributed by atoms with Crippen LogP contribution in [0.2, 0.25) is 0 Å². The monoisotopic (exact) mass is 266 g/mol. The van der Waals surface area contributed by atoms with E-state index >= 15 is 0 Å². The van der Waals surface area contributed by atoms with E-state index in [1.165, 1.54) is 17.6 Å². The first-order chi connectivity index (χ1) is 8.63. The summed E-state index contributed by atoms with van der Waals surface area (Å²) in [5, 5.41) is 0. The van der Waals surface area contributed by atoms with E-state index in [1.807, 2.05) is 0 Å². The van der Waals surface area contributed by atoms with Gasteiger partial charge in [0.15, 0.2) is 0 Å². The number of benzene rings is 1. The van der Waals surface area contributed by atoms with E-state index in [1.54, 1.807) is 11.8 Å². The van der Waals surface area contributed by atoms with Crippen molar-refractivity contribution in [2.45, 2.75) is 31.1 Å². The highest BCUT2D eigenvalue weighted by atomic mass is 32.2. The number of hydrogen-bond acceptors (Lipinski definition) is 4. The first kappa shape index (κ1) is 14.8. The van der Waals surface area contributed by atoms with Crippen molar-refractivity contribution < 1.29 is 14.3 Å². The largest absolute Gasteiger partial charge is 0.463 e. The van der Waals surface area contributed by atoms with E-state index in [4.69, 9.17) is 0 Å². The van der Waals surface area contributed by atoms with Crippen LogP contribution in [0.15, 0.2) is 29.2 Å². The number of rotatable bonds is 7. The van der Waals surface area contributed by atoms with E-state index in [0.29, 0.717) is 0 Å². The van der Waals surface area contributed by atoms with Crippen LogP contribution in [0.5, 0.6) is 0 Å². The highest BCUT2D eigenvalue weighted by molar-refractivity contribution is 7.99. The molecule has 0 atom stereocenters. The van der Waals surface area contributed by atoms with Gasteiger partial charge in [0, 0.05) is 11.3 Å². The lowest BCUT2D eigenvalue weighted by molar-refractivity contribution is -0.151. The number of unbranched alkanes of at least 4 members (excludes halogenated alkanes) is 1. The molecule has 0 aromatic heterocycles. The van der Waals surface area contributed by atoms with Crippen LogP contribution in [0, 0.1) is 6.92 Å². The van der Waals surface area contributed by atoms with Crippen molar-refractivity contribution in [1.29, 1.82) is 0 Å². The minimum atomic E-state index is -0.735. The molecule has 0 heterocycles. The Balaban J connectivity index is 2.14. The molecule has 4 heteroatoms. The van der Waals surface area contributed by atoms with Gasteiger partial charge in [-0.3, -0.25) is 4.79 Å². The first-order valence-corrected chi connectivity index (χ1v) is 6.92. The molecule has 0 aliphatic carbocycles. The molecule has 0 fully saturated rings. The molecule has 18 heavy (non-hydrogen) atoms. The van der Waals surface area contributed by atoms with Gasteiger partial charge in [0.2, 0.25) is 5.78 Å². The van der Waals surface area contributed by atoms with E-state index in [0.717, 1.165) is 18.6 Å². The van der Waals surface area contributed by atoms with Gasteiger partial charge in [0.05, 0.1) is 7.11 Å². The maximum absolute atomic E-state index is 11.2. The summed E-state index contributed by atoms with van der Waals surface area (Å²) in [6.07, 6.45) is 1.93. The third-order valence-electron chi connectivity index (χ3n) is 2.50. The predicted octanol–water partition coefficient (Wildman–Crippen LogP) is 3.00. The van der Waals surface area contributed by atoms with E-state index in [-0.39, 0.29) is 6.42 Å². The number of carbonyl (C=O) groups is 2. The average Bonchev–Trinajstić information content (AvgIpc) is 2.39. The number of ketones is 1. The van der Waals surface area contributed by atoms with Gasteiger partial charge < -0.3 is 4.74 Å². The molecule has 0 N–H and O–H groups in total. The molecule has 0 amide bonds. The third-order valence-corrected chi connectivity index (χ3v) is 3.60. The third kappa shape index (κ3) is 5.36. The van der Waals surface area contributed by atoms with Gasteiger partial charge in [-0.1, -0.05) is 17.7 Å². The molecule has 98 valence electrons. The SMILES string of the molecule is COC(=O)C(=O)CCCCSc1ccc(C)cc1. The number of Topliss-reactive ketones (excluding diaryl/α,β-unsaturated/α-hetero) is 1. The predicted molar refractivity (Wildman–Crippen MR) is 72.8 cm³/mol. The fraction of sp³-hybridized carbons (Fsp3) is 0.429. The van der Waals surface area contributed by atoms with Gasteiger partial charge in [-0.2, -0.15) is 0 Å². The smallest absolute Gasteiger partial charge is 0.374 e. The molecule has 0 aliphatic rings. The van der Waals surface area contributed by atoms with E-state index in [2.05, 4.69) is 35.9 Å². The van der Waals surface area contributed by atoms with Crippen molar-refractivity contribution in [2.75, 3.05) is 12.9 Å². The summed E-state index contributed by atoms with van der Waals surface area (Å²) >= 11 is 1.77. The molecule has 0 bridgehead atoms. The number of carbonyl (C=O) groups excluding carboxylic acids is 2. The number of esters is 1. The van der Waals surface area contributed by atoms with Gasteiger partial charge in [-0.15, -0.1) is 11.8 Å². The number of methoxy groups -OCH3 is 1. The average molecular weight is 266 g/mol. The highest BCUT2D eigenvalue weighted by Crippen LogP contribution is 2.19. The van der Waals surface area contributed by atoms with Crippen molar-refractivity contribution in [1.82, 2.24) is 0 Å². The number of ether oxygens (including phenoxy) is 1. The van der Waals surface area contributed by atoms with E-state index < -0.39 is 11.8 Å². The Morgan fingerprint density at radius 3 is 2.44 bits per heavy atom. The number of hydrogen-bond donors (Lipinski definition) is 0. The molecule has 1 aromatic rings. The van der Waals surface area contributed by atoms with E-state index in [9.17, 15) is 9.59 Å². The summed E-state index contributed by atoms with van der Waals surface area (Å²) in [5.74, 6) is -0.212. The standard InChI is InChI=1S/C14H18O3S/c1-11-6-8-12(9-7-11)18-10-4-3-5-13(15)14(16)17-2/h6-9H,3-5,10H2,1-2H3. The minimum Gasteiger partial charge on any atom is -0.463 e. The molecule has 0 aliphatic heterocycles. The molecule has 0 saturated heterocycles. The molecule has 1 aromatic carbocycles. The van der Waals surface area contributed by atoms with Crippen LogP contribution >= 0.6 is 11.8 Å². The fourth-order valence-electron chi connectivity index (χ4n) is 1.43. The van der Waals surface area contributed by atoms with Gasteiger partial charge in [0.25, 0.3) is 0 Å². The number of aryl methyl sites for hydroxylation is 1. The summed E-state index contributed by atoms with van der Waals surface area (Å²) in [6.45, 7) is 2.06. The molecular formula is C14H18O3S.